The van der Waals surface area contributed by atoms with Gasteiger partial charge in [-0.3, -0.25) is 14.8 Å². The standard InChI is InChI=1S/C23H16ClF4N7O.ClH/c1-29-22-32-10-11-6-14(20-31-4-5-35(20)19(11)34-22)13-8-17(16(25)9-15(13)24)33-21(36)18-7-12(2-3-30-18)23(26,27)28;/h2-3,6-10,31H,4-5H2,1H3,(H,33,36);1H. The van der Waals surface area contributed by atoms with Crippen LogP contribution in [0.1, 0.15) is 16.1 Å². The average molecular weight is 554 g/mol. The van der Waals surface area contributed by atoms with Crippen molar-refractivity contribution in [3.05, 3.63) is 70.4 Å². The molecule has 3 aliphatic rings. The summed E-state index contributed by atoms with van der Waals surface area (Å²) in [4.78, 5) is 29.0. The highest BCUT2D eigenvalue weighted by atomic mass is 35.5. The Hall–Kier alpha value is -3.77. The molecule has 14 heteroatoms. The molecule has 0 spiro atoms. The molecule has 0 unspecified atom stereocenters. The van der Waals surface area contributed by atoms with E-state index in [1.165, 1.54) is 6.07 Å². The highest BCUT2D eigenvalue weighted by Gasteiger charge is 2.31. The number of carbonyl (C=O) groups excluding carboxylic acids is 1. The number of fused-ring (bicyclic) bond motifs is 3. The number of benzene rings is 1. The zero-order valence-corrected chi connectivity index (χ0v) is 20.5. The van der Waals surface area contributed by atoms with Crippen LogP contribution in [0.15, 0.2) is 47.7 Å². The Morgan fingerprint density at radius 3 is 2.70 bits per heavy atom. The molecule has 0 saturated heterocycles. The molecule has 192 valence electrons. The van der Waals surface area contributed by atoms with Crippen LogP contribution in [-0.2, 0) is 12.7 Å². The number of nitrogens with zero attached hydrogens (tertiary/aromatic N) is 5. The summed E-state index contributed by atoms with van der Waals surface area (Å²) in [5.74, 6) is -0.543. The molecule has 3 aliphatic heterocycles. The lowest BCUT2D eigenvalue weighted by Gasteiger charge is -2.18. The number of rotatable bonds is 3. The summed E-state index contributed by atoms with van der Waals surface area (Å²) >= 11 is 6.39. The number of alkyl halides is 3. The van der Waals surface area contributed by atoms with Gasteiger partial charge in [-0.1, -0.05) is 11.6 Å². The minimum Gasteiger partial charge on any atom is -0.369 e. The van der Waals surface area contributed by atoms with Gasteiger partial charge in [0.2, 0.25) is 5.62 Å². The van der Waals surface area contributed by atoms with Crippen molar-refractivity contribution in [2.24, 2.45) is 4.99 Å². The van der Waals surface area contributed by atoms with Crippen LogP contribution in [-0.4, -0.2) is 39.0 Å². The van der Waals surface area contributed by atoms with E-state index in [0.29, 0.717) is 53.1 Å². The van der Waals surface area contributed by atoms with Crippen LogP contribution in [0.2, 0.25) is 5.02 Å². The minimum atomic E-state index is -4.66. The van der Waals surface area contributed by atoms with E-state index in [4.69, 9.17) is 11.6 Å². The molecule has 0 saturated carbocycles. The third-order valence-electron chi connectivity index (χ3n) is 5.61. The molecule has 0 radical (unpaired) electrons. The van der Waals surface area contributed by atoms with E-state index in [-0.39, 0.29) is 23.1 Å². The van der Waals surface area contributed by atoms with Gasteiger partial charge in [0.1, 0.15) is 23.2 Å². The summed E-state index contributed by atoms with van der Waals surface area (Å²) < 4.78 is 55.7. The Kier molecular flexibility index (Phi) is 7.07. The molecule has 1 aromatic heterocycles. The summed E-state index contributed by atoms with van der Waals surface area (Å²) in [6.45, 7) is 1.21. The fourth-order valence-corrected chi connectivity index (χ4v) is 4.19. The zero-order chi connectivity index (χ0) is 25.6. The Morgan fingerprint density at radius 1 is 1.19 bits per heavy atom. The van der Waals surface area contributed by atoms with Gasteiger partial charge >= 0.3 is 6.18 Å². The topological polar surface area (TPSA) is 97.1 Å². The summed E-state index contributed by atoms with van der Waals surface area (Å²) in [6.07, 6.45) is -2.19. The molecule has 0 bridgehead atoms. The molecule has 4 heterocycles. The van der Waals surface area contributed by atoms with E-state index in [0.717, 1.165) is 18.3 Å². The Balaban J connectivity index is 0.00000320. The predicted molar refractivity (Wildman–Crippen MR) is 131 cm³/mol. The molecule has 1 amide bonds. The van der Waals surface area contributed by atoms with Crippen molar-refractivity contribution in [3.8, 4) is 22.5 Å². The number of anilines is 2. The molecule has 5 rings (SSSR count). The third-order valence-corrected chi connectivity index (χ3v) is 5.92. The monoisotopic (exact) mass is 553 g/mol. The first-order valence-electron chi connectivity index (χ1n) is 10.6. The maximum Gasteiger partial charge on any atom is 0.416 e. The van der Waals surface area contributed by atoms with Crippen LogP contribution in [0.25, 0.3) is 22.5 Å². The molecule has 0 aliphatic carbocycles. The van der Waals surface area contributed by atoms with E-state index < -0.39 is 29.2 Å². The first kappa shape index (κ1) is 26.3. The second-order valence-electron chi connectivity index (χ2n) is 7.85. The van der Waals surface area contributed by atoms with E-state index in [9.17, 15) is 22.4 Å². The maximum absolute atomic E-state index is 14.8. The van der Waals surface area contributed by atoms with E-state index >= 15 is 0 Å². The van der Waals surface area contributed by atoms with Crippen molar-refractivity contribution >= 4 is 41.4 Å². The molecule has 8 nitrogen and oxygen atoms in total. The van der Waals surface area contributed by atoms with Gasteiger partial charge in [0, 0.05) is 49.2 Å². The van der Waals surface area contributed by atoms with Gasteiger partial charge in [0.05, 0.1) is 16.3 Å². The van der Waals surface area contributed by atoms with Crippen LogP contribution >= 0.6 is 24.0 Å². The van der Waals surface area contributed by atoms with E-state index in [2.05, 4.69) is 30.6 Å². The molecule has 2 N–H and O–H groups in total. The largest absolute Gasteiger partial charge is 0.416 e. The van der Waals surface area contributed by atoms with Crippen molar-refractivity contribution in [1.29, 1.82) is 0 Å². The summed E-state index contributed by atoms with van der Waals surface area (Å²) in [7, 11) is 1.59. The first-order chi connectivity index (χ1) is 17.2. The van der Waals surface area contributed by atoms with Crippen molar-refractivity contribution in [1.82, 2.24) is 19.5 Å². The minimum absolute atomic E-state index is 0. The molecule has 37 heavy (non-hydrogen) atoms. The number of carbonyl (C=O) groups is 1. The SMILES string of the molecule is CN=c1ncc2cc(-c3cc(NC(=O)c4cc(C(F)(F)F)ccn4)c(F)cc3Cl)c3n(c-2n1)CCN3.Cl. The molecule has 2 aromatic rings. The quantitative estimate of drug-likeness (QED) is 0.352. The van der Waals surface area contributed by atoms with Crippen molar-refractivity contribution in [2.75, 3.05) is 24.2 Å². The van der Waals surface area contributed by atoms with Gasteiger partial charge < -0.3 is 15.2 Å². The highest BCUT2D eigenvalue weighted by molar-refractivity contribution is 6.33. The van der Waals surface area contributed by atoms with Gasteiger partial charge in [-0.2, -0.15) is 18.2 Å². The molecule has 0 atom stereocenters. The summed E-state index contributed by atoms with van der Waals surface area (Å²) in [5.41, 5.74) is 0.160. The second-order valence-corrected chi connectivity index (χ2v) is 8.26. The highest BCUT2D eigenvalue weighted by Crippen LogP contribution is 2.41. The van der Waals surface area contributed by atoms with Gasteiger partial charge in [-0.25, -0.2) is 9.37 Å². The molecular formula is C23H17Cl2F4N7O. The second kappa shape index (κ2) is 9.94. The van der Waals surface area contributed by atoms with Crippen LogP contribution in [0.3, 0.4) is 0 Å². The number of aromatic nitrogens is 4. The fourth-order valence-electron chi connectivity index (χ4n) is 3.94. The number of pyridine rings is 2. The van der Waals surface area contributed by atoms with Crippen LogP contribution in [0, 0.1) is 5.82 Å². The number of amides is 1. The number of hydrogen-bond donors (Lipinski definition) is 2. The Morgan fingerprint density at radius 2 is 1.97 bits per heavy atom. The number of nitrogens with one attached hydrogen (secondary N) is 2. The lowest BCUT2D eigenvalue weighted by atomic mass is 10.0. The lowest BCUT2D eigenvalue weighted by molar-refractivity contribution is -0.137. The zero-order valence-electron chi connectivity index (χ0n) is 18.9. The Labute approximate surface area is 218 Å². The molecule has 0 fully saturated rings. The van der Waals surface area contributed by atoms with Crippen LogP contribution in [0.4, 0.5) is 29.1 Å². The molecule has 1 aromatic carbocycles. The summed E-state index contributed by atoms with van der Waals surface area (Å²) in [5, 5.41) is 5.63. The van der Waals surface area contributed by atoms with E-state index in [1.807, 2.05) is 4.57 Å². The van der Waals surface area contributed by atoms with Gasteiger partial charge in [-0.15, -0.1) is 12.4 Å². The Bertz CT molecular complexity index is 1560. The van der Waals surface area contributed by atoms with Gasteiger partial charge in [-0.05, 0) is 30.3 Å². The van der Waals surface area contributed by atoms with Crippen molar-refractivity contribution < 1.29 is 22.4 Å². The van der Waals surface area contributed by atoms with Crippen molar-refractivity contribution in [2.45, 2.75) is 12.7 Å². The fraction of sp³-hybridized carbons (Fsp3) is 0.174. The van der Waals surface area contributed by atoms with Gasteiger partial charge in [0.15, 0.2) is 0 Å². The first-order valence-corrected chi connectivity index (χ1v) is 10.9. The third kappa shape index (κ3) is 4.94. The number of halogens is 6. The van der Waals surface area contributed by atoms with Crippen molar-refractivity contribution in [3.63, 3.8) is 0 Å². The van der Waals surface area contributed by atoms with Gasteiger partial charge in [0.25, 0.3) is 5.91 Å². The summed E-state index contributed by atoms with van der Waals surface area (Å²) in [6, 6.07) is 5.46. The number of hydrogen-bond acceptors (Lipinski definition) is 6. The predicted octanol–water partition coefficient (Wildman–Crippen LogP) is 4.89. The normalized spacial score (nSPS) is 13.2. The maximum atomic E-state index is 14.8. The molecular weight excluding hydrogens is 537 g/mol. The average Bonchev–Trinajstić information content (AvgIpc) is 3.35. The smallest absolute Gasteiger partial charge is 0.369 e. The van der Waals surface area contributed by atoms with E-state index in [1.54, 1.807) is 19.3 Å². The lowest BCUT2D eigenvalue weighted by Crippen LogP contribution is -2.17. The van der Waals surface area contributed by atoms with Crippen LogP contribution < -0.4 is 16.3 Å². The van der Waals surface area contributed by atoms with Crippen LogP contribution in [0.5, 0.6) is 0 Å².